The van der Waals surface area contributed by atoms with Crippen LogP contribution in [0.25, 0.3) is 11.0 Å². The molecule has 7 nitrogen and oxygen atoms in total. The van der Waals surface area contributed by atoms with Crippen molar-refractivity contribution in [1.82, 2.24) is 9.97 Å². The van der Waals surface area contributed by atoms with Gasteiger partial charge in [-0.05, 0) is 18.6 Å². The Morgan fingerprint density at radius 2 is 1.82 bits per heavy atom. The van der Waals surface area contributed by atoms with Gasteiger partial charge in [0, 0.05) is 0 Å². The van der Waals surface area contributed by atoms with Crippen molar-refractivity contribution >= 4 is 48.3 Å². The predicted molar refractivity (Wildman–Crippen MR) is 84.1 cm³/mol. The van der Waals surface area contributed by atoms with Gasteiger partial charge in [-0.3, -0.25) is 4.72 Å². The van der Waals surface area contributed by atoms with Crippen molar-refractivity contribution < 1.29 is 16.8 Å². The average Bonchev–Trinajstić information content (AvgIpc) is 2.80. The fourth-order valence-electron chi connectivity index (χ4n) is 2.27. The van der Waals surface area contributed by atoms with Crippen LogP contribution in [0, 0.1) is 0 Å². The van der Waals surface area contributed by atoms with E-state index >= 15 is 0 Å². The predicted octanol–water partition coefficient (Wildman–Crippen LogP) is 1.21. The van der Waals surface area contributed by atoms with E-state index in [2.05, 4.69) is 14.7 Å². The van der Waals surface area contributed by atoms with Crippen LogP contribution in [0.4, 0.5) is 5.82 Å². The van der Waals surface area contributed by atoms with Crippen molar-refractivity contribution in [3.63, 3.8) is 0 Å². The van der Waals surface area contributed by atoms with E-state index in [-0.39, 0.29) is 28.9 Å². The quantitative estimate of drug-likeness (QED) is 0.880. The number of aromatic nitrogens is 2. The molecule has 0 amide bonds. The summed E-state index contributed by atoms with van der Waals surface area (Å²) in [5.41, 5.74) is 1.03. The Balaban J connectivity index is 1.94. The second kappa shape index (κ2) is 5.32. The summed E-state index contributed by atoms with van der Waals surface area (Å²) in [5.74, 6) is -0.610. The molecule has 0 radical (unpaired) electrons. The highest BCUT2D eigenvalue weighted by Gasteiger charge is 2.37. The Bertz CT molecular complexity index is 944. The fourth-order valence-corrected chi connectivity index (χ4v) is 6.54. The molecule has 1 saturated heterocycles. The molecule has 0 saturated carbocycles. The third kappa shape index (κ3) is 3.01. The van der Waals surface area contributed by atoms with Gasteiger partial charge in [-0.1, -0.05) is 23.7 Å². The van der Waals surface area contributed by atoms with E-state index in [0.717, 1.165) is 0 Å². The Morgan fingerprint density at radius 1 is 1.18 bits per heavy atom. The summed E-state index contributed by atoms with van der Waals surface area (Å²) >= 11 is 5.95. The normalized spacial score (nSPS) is 21.0. The van der Waals surface area contributed by atoms with E-state index in [0.29, 0.717) is 11.0 Å². The fraction of sp³-hybridized carbons (Fsp3) is 0.333. The van der Waals surface area contributed by atoms with E-state index in [1.807, 2.05) is 0 Å². The van der Waals surface area contributed by atoms with E-state index in [9.17, 15) is 16.8 Å². The number of sulfonamides is 1. The molecule has 1 aromatic heterocycles. The second-order valence-electron chi connectivity index (χ2n) is 5.02. The molecule has 1 aliphatic heterocycles. The van der Waals surface area contributed by atoms with Crippen molar-refractivity contribution in [3.05, 3.63) is 29.4 Å². The average molecular weight is 362 g/mol. The van der Waals surface area contributed by atoms with Gasteiger partial charge >= 0.3 is 0 Å². The molecule has 1 fully saturated rings. The first-order valence-corrected chi connectivity index (χ1v) is 10.2. The van der Waals surface area contributed by atoms with Crippen LogP contribution in [0.1, 0.15) is 6.42 Å². The maximum atomic E-state index is 12.3. The molecule has 1 atom stereocenters. The number of hydrogen-bond acceptors (Lipinski definition) is 6. The highest BCUT2D eigenvalue weighted by atomic mass is 35.5. The molecular weight excluding hydrogens is 350 g/mol. The summed E-state index contributed by atoms with van der Waals surface area (Å²) in [7, 11) is -7.20. The van der Waals surface area contributed by atoms with Crippen molar-refractivity contribution in [3.8, 4) is 0 Å². The van der Waals surface area contributed by atoms with Crippen LogP contribution in [0.5, 0.6) is 0 Å². The lowest BCUT2D eigenvalue weighted by Gasteiger charge is -2.13. The number of hydrogen-bond donors (Lipinski definition) is 1. The lowest BCUT2D eigenvalue weighted by Crippen LogP contribution is -2.29. The number of nitrogens with zero attached hydrogens (tertiary/aromatic N) is 2. The van der Waals surface area contributed by atoms with Crippen molar-refractivity contribution in [2.75, 3.05) is 16.2 Å². The van der Waals surface area contributed by atoms with E-state index in [1.165, 1.54) is 0 Å². The molecule has 1 aromatic carbocycles. The van der Waals surface area contributed by atoms with E-state index < -0.39 is 25.1 Å². The van der Waals surface area contributed by atoms with Crippen LogP contribution < -0.4 is 4.72 Å². The van der Waals surface area contributed by atoms with Gasteiger partial charge in [-0.2, -0.15) is 0 Å². The summed E-state index contributed by atoms with van der Waals surface area (Å²) in [5, 5.41) is -1.08. The number of halogens is 1. The lowest BCUT2D eigenvalue weighted by molar-refractivity contribution is 0.587. The third-order valence-corrected chi connectivity index (χ3v) is 7.40. The highest BCUT2D eigenvalue weighted by molar-refractivity contribution is 7.97. The summed E-state index contributed by atoms with van der Waals surface area (Å²) < 4.78 is 49.7. The number of anilines is 1. The Hall–Kier alpha value is -1.45. The zero-order valence-electron chi connectivity index (χ0n) is 11.2. The first-order valence-electron chi connectivity index (χ1n) is 6.41. The molecule has 22 heavy (non-hydrogen) atoms. The number of rotatable bonds is 3. The molecule has 1 aliphatic rings. The van der Waals surface area contributed by atoms with Crippen LogP contribution >= 0.6 is 11.6 Å². The Labute approximate surface area is 132 Å². The van der Waals surface area contributed by atoms with Crippen LogP contribution in [0.3, 0.4) is 0 Å². The first-order chi connectivity index (χ1) is 10.3. The third-order valence-electron chi connectivity index (χ3n) is 3.40. The molecule has 3 rings (SSSR count). The summed E-state index contributed by atoms with van der Waals surface area (Å²) in [6, 6.07) is 6.89. The molecule has 2 aromatic rings. The summed E-state index contributed by atoms with van der Waals surface area (Å²) in [4.78, 5) is 8.21. The molecule has 0 bridgehead atoms. The number of sulfone groups is 1. The minimum atomic E-state index is -3.89. The minimum absolute atomic E-state index is 0.0658. The molecule has 0 aliphatic carbocycles. The van der Waals surface area contributed by atoms with Crippen LogP contribution in [0.15, 0.2) is 24.3 Å². The van der Waals surface area contributed by atoms with Gasteiger partial charge in [0.25, 0.3) is 0 Å². The van der Waals surface area contributed by atoms with E-state index in [1.54, 1.807) is 24.3 Å². The van der Waals surface area contributed by atoms with Crippen LogP contribution in [-0.4, -0.2) is 43.6 Å². The number of benzene rings is 1. The van der Waals surface area contributed by atoms with Gasteiger partial charge in [0.05, 0.1) is 27.8 Å². The molecule has 0 spiro atoms. The minimum Gasteiger partial charge on any atom is -0.264 e. The number of nitrogens with one attached hydrogen (secondary N) is 1. The summed E-state index contributed by atoms with van der Waals surface area (Å²) in [6.07, 6.45) is 0.0658. The van der Waals surface area contributed by atoms with Gasteiger partial charge in [-0.25, -0.2) is 26.8 Å². The molecule has 1 unspecified atom stereocenters. The Morgan fingerprint density at radius 3 is 2.41 bits per heavy atom. The molecule has 1 N–H and O–H groups in total. The van der Waals surface area contributed by atoms with Crippen molar-refractivity contribution in [2.24, 2.45) is 0 Å². The lowest BCUT2D eigenvalue weighted by atomic mass is 10.3. The first kappa shape index (κ1) is 15.4. The molecular formula is C12H12ClN3O4S2. The van der Waals surface area contributed by atoms with E-state index in [4.69, 9.17) is 11.6 Å². The van der Waals surface area contributed by atoms with Gasteiger partial charge in [0.15, 0.2) is 20.8 Å². The topological polar surface area (TPSA) is 106 Å². The molecule has 118 valence electrons. The zero-order valence-corrected chi connectivity index (χ0v) is 13.6. The maximum absolute atomic E-state index is 12.3. The number of para-hydroxylation sites is 2. The van der Waals surface area contributed by atoms with Crippen molar-refractivity contribution in [1.29, 1.82) is 0 Å². The van der Waals surface area contributed by atoms with Gasteiger partial charge in [0.2, 0.25) is 10.0 Å². The van der Waals surface area contributed by atoms with Gasteiger partial charge < -0.3 is 0 Å². The second-order valence-corrected chi connectivity index (χ2v) is 9.57. The maximum Gasteiger partial charge on any atom is 0.237 e. The molecule has 2 heterocycles. The monoisotopic (exact) mass is 361 g/mol. The summed E-state index contributed by atoms with van der Waals surface area (Å²) in [6.45, 7) is 0. The van der Waals surface area contributed by atoms with Crippen molar-refractivity contribution in [2.45, 2.75) is 11.7 Å². The largest absolute Gasteiger partial charge is 0.264 e. The van der Waals surface area contributed by atoms with Crippen LogP contribution in [0.2, 0.25) is 5.15 Å². The zero-order chi connectivity index (χ0) is 16.0. The SMILES string of the molecule is O=S1(=O)CCC(S(=O)(=O)Nc2nc3ccccc3nc2Cl)C1. The standard InChI is InChI=1S/C12H12ClN3O4S2/c13-11-12(15-10-4-2-1-3-9(10)14-11)16-22(19,20)8-5-6-21(17,18)7-8/h1-4,8H,5-7H2,(H,15,16). The van der Waals surface area contributed by atoms with Gasteiger partial charge in [-0.15, -0.1) is 0 Å². The van der Waals surface area contributed by atoms with Crippen LogP contribution in [-0.2, 0) is 19.9 Å². The molecule has 10 heteroatoms. The Kier molecular flexibility index (Phi) is 3.74. The smallest absolute Gasteiger partial charge is 0.237 e. The number of fused-ring (bicyclic) bond motifs is 1. The van der Waals surface area contributed by atoms with Gasteiger partial charge in [0.1, 0.15) is 0 Å². The highest BCUT2D eigenvalue weighted by Crippen LogP contribution is 2.25.